The second-order valence-electron chi connectivity index (χ2n) is 14.0. The Morgan fingerprint density at radius 2 is 1.78 bits per heavy atom. The van der Waals surface area contributed by atoms with Crippen molar-refractivity contribution in [1.29, 1.82) is 0 Å². The van der Waals surface area contributed by atoms with Crippen molar-refractivity contribution in [3.8, 4) is 0 Å². The van der Waals surface area contributed by atoms with Crippen molar-refractivity contribution in [2.75, 3.05) is 19.6 Å². The van der Waals surface area contributed by atoms with E-state index in [1.165, 1.54) is 16.0 Å². The SMILES string of the molecule is CC(C)C(=O)c1ccc2c(c1)CCN(CCC1CCC(NC(=O)[C@@H](Cc3cccnc3)N(C(=O)OC=O)C(C)(C)C)CC1)CC2. The van der Waals surface area contributed by atoms with Gasteiger partial charge in [0.1, 0.15) is 6.04 Å². The van der Waals surface area contributed by atoms with Crippen molar-refractivity contribution in [2.24, 2.45) is 11.8 Å². The topological polar surface area (TPSA) is 109 Å². The number of benzene rings is 1. The summed E-state index contributed by atoms with van der Waals surface area (Å²) in [5, 5.41) is 3.22. The Morgan fingerprint density at radius 1 is 1.07 bits per heavy atom. The van der Waals surface area contributed by atoms with Gasteiger partial charge in [0.15, 0.2) is 5.78 Å². The van der Waals surface area contributed by atoms with E-state index >= 15 is 0 Å². The first kappa shape index (κ1) is 34.3. The first-order valence-corrected chi connectivity index (χ1v) is 16.5. The van der Waals surface area contributed by atoms with Crippen LogP contribution in [0.5, 0.6) is 0 Å². The van der Waals surface area contributed by atoms with Gasteiger partial charge in [0, 0.05) is 55.0 Å². The number of hydrogen-bond acceptors (Lipinski definition) is 7. The van der Waals surface area contributed by atoms with Gasteiger partial charge in [0.2, 0.25) is 5.91 Å². The minimum Gasteiger partial charge on any atom is -0.379 e. The molecule has 2 amide bonds. The Morgan fingerprint density at radius 3 is 2.40 bits per heavy atom. The Bertz CT molecular complexity index is 1310. The van der Waals surface area contributed by atoms with E-state index in [-0.39, 0.29) is 36.5 Å². The fourth-order valence-electron chi connectivity index (χ4n) is 6.75. The number of ether oxygens (including phenoxy) is 1. The maximum absolute atomic E-state index is 13.7. The molecule has 0 unspecified atom stereocenters. The molecule has 1 fully saturated rings. The molecule has 0 saturated heterocycles. The van der Waals surface area contributed by atoms with Crippen LogP contribution in [0.15, 0.2) is 42.7 Å². The predicted molar refractivity (Wildman–Crippen MR) is 174 cm³/mol. The number of hydrogen-bond donors (Lipinski definition) is 1. The molecule has 9 nitrogen and oxygen atoms in total. The van der Waals surface area contributed by atoms with Crippen LogP contribution in [0.2, 0.25) is 0 Å². The molecule has 1 aromatic carbocycles. The Balaban J connectivity index is 1.30. The number of carbonyl (C=O) groups excluding carboxylic acids is 4. The van der Waals surface area contributed by atoms with Crippen LogP contribution in [-0.2, 0) is 33.6 Å². The molecule has 244 valence electrons. The zero-order chi connectivity index (χ0) is 32.6. The molecular formula is C36H50N4O5. The standard InChI is InChI=1S/C36H50N4O5/c1-25(2)33(42)30-11-10-28-15-19-39(20-16-29(28)22-30)18-14-26-8-12-31(13-9-26)38-34(43)32(21-27-7-6-17-37-23-27)40(36(3,4)5)35(44)45-24-41/h6-7,10-11,17,22-26,31-32H,8-9,12-16,18-21H2,1-5H3,(H,38,43)/t26?,31?,32-/m1/s1. The quantitative estimate of drug-likeness (QED) is 0.204. The lowest BCUT2D eigenvalue weighted by Crippen LogP contribution is -2.59. The lowest BCUT2D eigenvalue weighted by Gasteiger charge is -2.40. The summed E-state index contributed by atoms with van der Waals surface area (Å²) in [6.07, 6.45) is 9.75. The van der Waals surface area contributed by atoms with Crippen molar-refractivity contribution in [1.82, 2.24) is 20.1 Å². The number of amides is 2. The minimum absolute atomic E-state index is 0.00685. The fraction of sp³-hybridized carbons (Fsp3) is 0.583. The summed E-state index contributed by atoms with van der Waals surface area (Å²) in [5.41, 5.74) is 3.56. The molecule has 1 aliphatic carbocycles. The van der Waals surface area contributed by atoms with Gasteiger partial charge in [0.05, 0.1) is 0 Å². The molecule has 2 aromatic rings. The third kappa shape index (κ3) is 9.45. The molecule has 2 heterocycles. The van der Waals surface area contributed by atoms with Gasteiger partial charge >= 0.3 is 12.6 Å². The van der Waals surface area contributed by atoms with Crippen molar-refractivity contribution in [3.63, 3.8) is 0 Å². The number of rotatable bonds is 11. The smallest absolute Gasteiger partial charge is 0.379 e. The Kier molecular flexibility index (Phi) is 11.9. The van der Waals surface area contributed by atoms with E-state index in [9.17, 15) is 19.2 Å². The summed E-state index contributed by atoms with van der Waals surface area (Å²) >= 11 is 0. The summed E-state index contributed by atoms with van der Waals surface area (Å²) < 4.78 is 4.72. The molecule has 1 saturated carbocycles. The van der Waals surface area contributed by atoms with Crippen LogP contribution in [-0.4, -0.2) is 76.3 Å². The zero-order valence-corrected chi connectivity index (χ0v) is 27.6. The molecule has 0 spiro atoms. The molecule has 45 heavy (non-hydrogen) atoms. The zero-order valence-electron chi connectivity index (χ0n) is 27.6. The van der Waals surface area contributed by atoms with E-state index in [2.05, 4.69) is 27.3 Å². The van der Waals surface area contributed by atoms with Crippen LogP contribution in [0.1, 0.15) is 93.8 Å². The molecule has 0 bridgehead atoms. The van der Waals surface area contributed by atoms with E-state index in [4.69, 9.17) is 4.74 Å². The summed E-state index contributed by atoms with van der Waals surface area (Å²) in [4.78, 5) is 58.2. The number of ketones is 1. The van der Waals surface area contributed by atoms with E-state index in [0.29, 0.717) is 5.92 Å². The van der Waals surface area contributed by atoms with Gasteiger partial charge in [-0.25, -0.2) is 4.79 Å². The van der Waals surface area contributed by atoms with Gasteiger partial charge in [-0.3, -0.25) is 24.3 Å². The largest absolute Gasteiger partial charge is 0.418 e. The third-order valence-corrected chi connectivity index (χ3v) is 9.29. The van der Waals surface area contributed by atoms with Gasteiger partial charge in [0.25, 0.3) is 0 Å². The van der Waals surface area contributed by atoms with Gasteiger partial charge in [-0.1, -0.05) is 32.0 Å². The molecule has 1 aliphatic heterocycles. The highest BCUT2D eigenvalue weighted by Crippen LogP contribution is 2.29. The lowest BCUT2D eigenvalue weighted by molar-refractivity contribution is -0.132. The number of carbonyl (C=O) groups is 4. The average Bonchev–Trinajstić information content (AvgIpc) is 3.21. The molecule has 1 aromatic heterocycles. The van der Waals surface area contributed by atoms with Crippen molar-refractivity contribution in [2.45, 2.75) is 104 Å². The van der Waals surface area contributed by atoms with Crippen LogP contribution in [0, 0.1) is 11.8 Å². The number of Topliss-reactive ketones (excluding diaryl/α,β-unsaturated/α-hetero) is 1. The van der Waals surface area contributed by atoms with E-state index in [1.54, 1.807) is 18.5 Å². The van der Waals surface area contributed by atoms with Crippen LogP contribution in [0.25, 0.3) is 0 Å². The van der Waals surface area contributed by atoms with E-state index in [1.807, 2.05) is 46.8 Å². The number of aromatic nitrogens is 1. The van der Waals surface area contributed by atoms with Gasteiger partial charge in [-0.15, -0.1) is 0 Å². The highest BCUT2D eigenvalue weighted by molar-refractivity contribution is 5.97. The molecule has 0 radical (unpaired) electrons. The van der Waals surface area contributed by atoms with Crippen LogP contribution in [0.4, 0.5) is 4.79 Å². The lowest BCUT2D eigenvalue weighted by atomic mass is 9.83. The number of pyridine rings is 1. The number of nitrogens with zero attached hydrogens (tertiary/aromatic N) is 3. The number of nitrogens with one attached hydrogen (secondary N) is 1. The van der Waals surface area contributed by atoms with Crippen molar-refractivity contribution < 1.29 is 23.9 Å². The van der Waals surface area contributed by atoms with Crippen LogP contribution >= 0.6 is 0 Å². The summed E-state index contributed by atoms with van der Waals surface area (Å²) in [6, 6.07) is 9.11. The fourth-order valence-corrected chi connectivity index (χ4v) is 6.75. The van der Waals surface area contributed by atoms with Gasteiger partial charge < -0.3 is 15.0 Å². The van der Waals surface area contributed by atoms with Gasteiger partial charge in [-0.2, -0.15) is 0 Å². The summed E-state index contributed by atoms with van der Waals surface area (Å²) in [5.74, 6) is 0.579. The highest BCUT2D eigenvalue weighted by atomic mass is 16.6. The molecule has 4 rings (SSSR count). The average molecular weight is 619 g/mol. The van der Waals surface area contributed by atoms with Crippen LogP contribution in [0.3, 0.4) is 0 Å². The molecule has 1 N–H and O–H groups in total. The molecule has 2 aliphatic rings. The maximum atomic E-state index is 13.7. The second kappa shape index (κ2) is 15.6. The van der Waals surface area contributed by atoms with Crippen molar-refractivity contribution in [3.05, 3.63) is 65.0 Å². The Labute approximate surface area is 268 Å². The van der Waals surface area contributed by atoms with Crippen LogP contribution < -0.4 is 5.32 Å². The minimum atomic E-state index is -0.855. The summed E-state index contributed by atoms with van der Waals surface area (Å²) in [6.45, 7) is 12.6. The Hall–Kier alpha value is -3.59. The normalized spacial score (nSPS) is 19.6. The molecular weight excluding hydrogens is 568 g/mol. The third-order valence-electron chi connectivity index (χ3n) is 9.29. The van der Waals surface area contributed by atoms with E-state index < -0.39 is 17.7 Å². The number of fused-ring (bicyclic) bond motifs is 1. The second-order valence-corrected chi connectivity index (χ2v) is 14.0. The maximum Gasteiger partial charge on any atom is 0.418 e. The predicted octanol–water partition coefficient (Wildman–Crippen LogP) is 5.39. The van der Waals surface area contributed by atoms with Gasteiger partial charge in [-0.05, 0) is 107 Å². The summed E-state index contributed by atoms with van der Waals surface area (Å²) in [7, 11) is 0. The first-order chi connectivity index (χ1) is 21.5. The van der Waals surface area contributed by atoms with E-state index in [0.717, 1.165) is 75.7 Å². The van der Waals surface area contributed by atoms with Crippen molar-refractivity contribution >= 4 is 24.3 Å². The highest BCUT2D eigenvalue weighted by Gasteiger charge is 2.39. The first-order valence-electron chi connectivity index (χ1n) is 16.5. The molecule has 9 heteroatoms. The monoisotopic (exact) mass is 618 g/mol. The molecule has 1 atom stereocenters.